The molecule has 0 bridgehead atoms. The van der Waals surface area contributed by atoms with Crippen LogP contribution >= 0.6 is 11.6 Å². The number of anilines is 2. The van der Waals surface area contributed by atoms with Crippen LogP contribution in [0.15, 0.2) is 36.4 Å². The van der Waals surface area contributed by atoms with Gasteiger partial charge in [-0.25, -0.2) is 0 Å². The summed E-state index contributed by atoms with van der Waals surface area (Å²) in [6.45, 7) is 5.61. The number of carbonyl (C=O) groups excluding carboxylic acids is 2. The van der Waals surface area contributed by atoms with Gasteiger partial charge in [-0.1, -0.05) is 18.5 Å². The molecule has 1 N–H and O–H groups in total. The van der Waals surface area contributed by atoms with Gasteiger partial charge in [-0.15, -0.1) is 0 Å². The summed E-state index contributed by atoms with van der Waals surface area (Å²) >= 11 is 6.26. The molecule has 10 heteroatoms. The predicted molar refractivity (Wildman–Crippen MR) is 130 cm³/mol. The van der Waals surface area contributed by atoms with Gasteiger partial charge in [0.1, 0.15) is 5.69 Å². The third-order valence-electron chi connectivity index (χ3n) is 6.32. The van der Waals surface area contributed by atoms with Crippen molar-refractivity contribution in [3.8, 4) is 0 Å². The molecule has 2 aromatic rings. The fourth-order valence-electron chi connectivity index (χ4n) is 4.23. The topological polar surface area (TPSA) is 105 Å². The summed E-state index contributed by atoms with van der Waals surface area (Å²) in [6, 6.07) is 9.17. The molecule has 9 nitrogen and oxygen atoms in total. The highest BCUT2D eigenvalue weighted by atomic mass is 35.5. The van der Waals surface area contributed by atoms with Crippen LogP contribution in [-0.2, 0) is 4.74 Å². The molecule has 2 amide bonds. The first-order valence-electron chi connectivity index (χ1n) is 11.3. The molecule has 34 heavy (non-hydrogen) atoms. The van der Waals surface area contributed by atoms with Crippen molar-refractivity contribution in [1.82, 2.24) is 4.90 Å². The van der Waals surface area contributed by atoms with E-state index in [1.165, 1.54) is 12.1 Å². The number of amides is 2. The second kappa shape index (κ2) is 10.4. The van der Waals surface area contributed by atoms with Crippen LogP contribution in [0.5, 0.6) is 0 Å². The van der Waals surface area contributed by atoms with E-state index >= 15 is 0 Å². The average molecular weight is 487 g/mol. The summed E-state index contributed by atoms with van der Waals surface area (Å²) in [7, 11) is 0. The van der Waals surface area contributed by atoms with Gasteiger partial charge in [-0.2, -0.15) is 0 Å². The van der Waals surface area contributed by atoms with Crippen molar-refractivity contribution in [2.45, 2.75) is 19.8 Å². The third-order valence-corrected chi connectivity index (χ3v) is 6.65. The van der Waals surface area contributed by atoms with Crippen molar-refractivity contribution < 1.29 is 19.2 Å². The Morgan fingerprint density at radius 3 is 2.41 bits per heavy atom. The maximum atomic E-state index is 12.9. The van der Waals surface area contributed by atoms with Crippen LogP contribution < -0.4 is 10.2 Å². The van der Waals surface area contributed by atoms with Gasteiger partial charge < -0.3 is 19.9 Å². The summed E-state index contributed by atoms with van der Waals surface area (Å²) in [6.07, 6.45) is 1.94. The molecule has 2 aliphatic rings. The maximum Gasteiger partial charge on any atom is 0.293 e. The molecule has 0 saturated carbocycles. The molecule has 2 saturated heterocycles. The van der Waals surface area contributed by atoms with Crippen molar-refractivity contribution in [3.05, 3.63) is 62.7 Å². The van der Waals surface area contributed by atoms with Crippen molar-refractivity contribution in [2.24, 2.45) is 5.92 Å². The molecule has 0 spiro atoms. The van der Waals surface area contributed by atoms with Gasteiger partial charge in [0, 0.05) is 43.4 Å². The number of piperidine rings is 1. The van der Waals surface area contributed by atoms with E-state index in [4.69, 9.17) is 16.3 Å². The Balaban J connectivity index is 1.53. The lowest BCUT2D eigenvalue weighted by Crippen LogP contribution is -2.40. The zero-order valence-electron chi connectivity index (χ0n) is 19.0. The summed E-state index contributed by atoms with van der Waals surface area (Å²) < 4.78 is 5.29. The molecule has 2 aromatic carbocycles. The smallest absolute Gasteiger partial charge is 0.293 e. The Bertz CT molecular complexity index is 1090. The minimum Gasteiger partial charge on any atom is -0.378 e. The third kappa shape index (κ3) is 5.31. The number of nitrogens with zero attached hydrogens (tertiary/aromatic N) is 3. The van der Waals surface area contributed by atoms with Crippen LogP contribution in [0.2, 0.25) is 5.02 Å². The quantitative estimate of drug-likeness (QED) is 0.501. The zero-order valence-corrected chi connectivity index (χ0v) is 19.7. The molecule has 0 radical (unpaired) electrons. The molecule has 0 aliphatic carbocycles. The molecular formula is C24H27ClN4O5. The second-order valence-corrected chi connectivity index (χ2v) is 9.09. The number of halogens is 1. The maximum absolute atomic E-state index is 12.9. The van der Waals surface area contributed by atoms with E-state index < -0.39 is 10.8 Å². The van der Waals surface area contributed by atoms with E-state index in [-0.39, 0.29) is 27.9 Å². The molecule has 2 aliphatic heterocycles. The van der Waals surface area contributed by atoms with Gasteiger partial charge in [0.2, 0.25) is 0 Å². The van der Waals surface area contributed by atoms with Crippen LogP contribution in [0.4, 0.5) is 17.1 Å². The molecule has 2 fully saturated rings. The van der Waals surface area contributed by atoms with Crippen LogP contribution in [-0.4, -0.2) is 61.0 Å². The lowest BCUT2D eigenvalue weighted by molar-refractivity contribution is -0.384. The highest BCUT2D eigenvalue weighted by Crippen LogP contribution is 2.33. The van der Waals surface area contributed by atoms with E-state index in [0.717, 1.165) is 25.9 Å². The monoisotopic (exact) mass is 486 g/mol. The van der Waals surface area contributed by atoms with Crippen LogP contribution in [0.3, 0.4) is 0 Å². The molecule has 2 heterocycles. The van der Waals surface area contributed by atoms with Gasteiger partial charge in [0.15, 0.2) is 0 Å². The van der Waals surface area contributed by atoms with Crippen LogP contribution in [0, 0.1) is 16.0 Å². The molecule has 180 valence electrons. The minimum atomic E-state index is -0.542. The van der Waals surface area contributed by atoms with Crippen LogP contribution in [0.25, 0.3) is 0 Å². The Morgan fingerprint density at radius 2 is 1.74 bits per heavy atom. The summed E-state index contributed by atoms with van der Waals surface area (Å²) in [5.74, 6) is -0.123. The van der Waals surface area contributed by atoms with Crippen molar-refractivity contribution >= 4 is 40.5 Å². The van der Waals surface area contributed by atoms with E-state index in [1.54, 1.807) is 29.2 Å². The van der Waals surface area contributed by atoms with Crippen molar-refractivity contribution in [2.75, 3.05) is 49.6 Å². The van der Waals surface area contributed by atoms with Crippen LogP contribution in [0.1, 0.15) is 40.5 Å². The second-order valence-electron chi connectivity index (χ2n) is 8.68. The highest BCUT2D eigenvalue weighted by Gasteiger charge is 2.25. The summed E-state index contributed by atoms with van der Waals surface area (Å²) in [5, 5.41) is 14.7. The Morgan fingerprint density at radius 1 is 1.06 bits per heavy atom. The highest BCUT2D eigenvalue weighted by molar-refractivity contribution is 6.34. The lowest BCUT2D eigenvalue weighted by atomic mass is 9.98. The number of hydrogen-bond donors (Lipinski definition) is 1. The average Bonchev–Trinajstić information content (AvgIpc) is 2.85. The van der Waals surface area contributed by atoms with E-state index in [0.29, 0.717) is 43.5 Å². The molecular weight excluding hydrogens is 460 g/mol. The molecule has 0 aromatic heterocycles. The SMILES string of the molecule is CC1CCN(c2ccc(C(=O)Nc3cc(C(=O)N4CCOCC4)ccc3Cl)cc2[N+](=O)[O-])CC1. The fourth-order valence-corrected chi connectivity index (χ4v) is 4.39. The first-order valence-corrected chi connectivity index (χ1v) is 11.7. The number of carbonyl (C=O) groups is 2. The summed E-state index contributed by atoms with van der Waals surface area (Å²) in [4.78, 5) is 40.7. The fraction of sp³-hybridized carbons (Fsp3) is 0.417. The van der Waals surface area contributed by atoms with Gasteiger partial charge in [0.05, 0.1) is 28.8 Å². The molecule has 0 atom stereocenters. The van der Waals surface area contributed by atoms with Crippen molar-refractivity contribution in [3.63, 3.8) is 0 Å². The molecule has 0 unspecified atom stereocenters. The number of hydrogen-bond acceptors (Lipinski definition) is 6. The van der Waals surface area contributed by atoms with Gasteiger partial charge in [-0.05, 0) is 49.1 Å². The Kier molecular flexibility index (Phi) is 7.33. The Hall–Kier alpha value is -3.17. The number of nitro benzene ring substituents is 1. The van der Waals surface area contributed by atoms with Gasteiger partial charge in [-0.3, -0.25) is 19.7 Å². The lowest BCUT2D eigenvalue weighted by Gasteiger charge is -2.31. The number of nitro groups is 1. The van der Waals surface area contributed by atoms with Crippen molar-refractivity contribution in [1.29, 1.82) is 0 Å². The van der Waals surface area contributed by atoms with E-state index in [9.17, 15) is 19.7 Å². The van der Waals surface area contributed by atoms with Gasteiger partial charge >= 0.3 is 0 Å². The number of nitrogens with one attached hydrogen (secondary N) is 1. The first-order chi connectivity index (χ1) is 16.3. The number of morpholine rings is 1. The number of rotatable bonds is 5. The predicted octanol–water partition coefficient (Wildman–Crippen LogP) is 4.21. The minimum absolute atomic E-state index is 0.107. The van der Waals surface area contributed by atoms with E-state index in [1.807, 2.05) is 4.90 Å². The standard InChI is InChI=1S/C24H27ClN4O5/c1-16-6-8-27(9-7-16)21-5-3-17(15-22(21)29(32)33)23(30)26-20-14-18(2-4-19(20)25)24(31)28-10-12-34-13-11-28/h2-5,14-16H,6-13H2,1H3,(H,26,30). The van der Waals surface area contributed by atoms with Gasteiger partial charge in [0.25, 0.3) is 17.5 Å². The Labute approximate surface area is 202 Å². The largest absolute Gasteiger partial charge is 0.378 e. The first kappa shape index (κ1) is 24.0. The normalized spacial score (nSPS) is 16.9. The van der Waals surface area contributed by atoms with E-state index in [2.05, 4.69) is 12.2 Å². The zero-order chi connectivity index (χ0) is 24.2. The number of benzene rings is 2. The number of ether oxygens (including phenoxy) is 1. The molecule has 4 rings (SSSR count). The summed E-state index contributed by atoms with van der Waals surface area (Å²) in [5.41, 5.74) is 1.21.